The molecule has 2 rings (SSSR count). The van der Waals surface area contributed by atoms with Crippen LogP contribution in [0.4, 0.5) is 0 Å². The first kappa shape index (κ1) is 18.0. The summed E-state index contributed by atoms with van der Waals surface area (Å²) < 4.78 is 23.3. The summed E-state index contributed by atoms with van der Waals surface area (Å²) >= 11 is 1.48. The highest BCUT2D eigenvalue weighted by molar-refractivity contribution is 7.23. The summed E-state index contributed by atoms with van der Waals surface area (Å²) in [5.41, 5.74) is -0.787. The van der Waals surface area contributed by atoms with E-state index in [1.807, 2.05) is 40.7 Å². The number of carbonyl (C=O) groups excluding carboxylic acids is 1. The van der Waals surface area contributed by atoms with E-state index in [1.54, 1.807) is 6.08 Å². The van der Waals surface area contributed by atoms with Crippen LogP contribution in [0.15, 0.2) is 12.1 Å². The second kappa shape index (κ2) is 6.67. The van der Waals surface area contributed by atoms with Crippen molar-refractivity contribution in [1.29, 1.82) is 0 Å². The Balaban J connectivity index is 2.27. The third-order valence-electron chi connectivity index (χ3n) is 4.10. The lowest BCUT2D eigenvalue weighted by Gasteiger charge is -2.32. The highest BCUT2D eigenvalue weighted by atomic mass is 32.1. The Hall–Kier alpha value is -1.31. The van der Waals surface area contributed by atoms with Crippen LogP contribution in [0.1, 0.15) is 39.5 Å². The van der Waals surface area contributed by atoms with Crippen molar-refractivity contribution in [2.45, 2.75) is 45.8 Å². The normalized spacial score (nSPS) is 19.3. The highest BCUT2D eigenvalue weighted by Gasteiger charge is 2.52. The van der Waals surface area contributed by atoms with Crippen molar-refractivity contribution < 1.29 is 23.6 Å². The summed E-state index contributed by atoms with van der Waals surface area (Å²) in [6, 6.07) is 1.91. The summed E-state index contributed by atoms with van der Waals surface area (Å²) in [6.07, 6.45) is 3.07. The molecule has 1 aliphatic heterocycles. The first-order valence-electron chi connectivity index (χ1n) is 7.58. The maximum absolute atomic E-state index is 11.3. The van der Waals surface area contributed by atoms with Crippen molar-refractivity contribution >= 4 is 35.3 Å². The van der Waals surface area contributed by atoms with Crippen LogP contribution in [-0.4, -0.2) is 38.0 Å². The average molecular weight is 338 g/mol. The van der Waals surface area contributed by atoms with Gasteiger partial charge in [0.1, 0.15) is 5.75 Å². The van der Waals surface area contributed by atoms with Crippen molar-refractivity contribution in [3.8, 4) is 5.75 Å². The summed E-state index contributed by atoms with van der Waals surface area (Å²) in [6.45, 7) is 10.5. The van der Waals surface area contributed by atoms with E-state index in [0.717, 1.165) is 9.65 Å². The van der Waals surface area contributed by atoms with E-state index in [0.29, 0.717) is 12.4 Å². The number of esters is 1. The van der Waals surface area contributed by atoms with Crippen LogP contribution in [0.2, 0.25) is 0 Å². The second-order valence-electron chi connectivity index (χ2n) is 6.26. The van der Waals surface area contributed by atoms with E-state index in [1.165, 1.54) is 24.5 Å². The van der Waals surface area contributed by atoms with Crippen molar-refractivity contribution in [2.75, 3.05) is 13.7 Å². The van der Waals surface area contributed by atoms with Gasteiger partial charge in [-0.2, -0.15) is 0 Å². The zero-order valence-electron chi connectivity index (χ0n) is 14.5. The van der Waals surface area contributed by atoms with Crippen molar-refractivity contribution in [3.63, 3.8) is 0 Å². The lowest BCUT2D eigenvalue weighted by atomic mass is 9.88. The monoisotopic (exact) mass is 338 g/mol. The molecule has 0 radical (unpaired) electrons. The molecule has 23 heavy (non-hydrogen) atoms. The molecule has 1 aliphatic rings. The number of rotatable bonds is 5. The van der Waals surface area contributed by atoms with Gasteiger partial charge in [0.15, 0.2) is 0 Å². The first-order chi connectivity index (χ1) is 10.7. The van der Waals surface area contributed by atoms with Crippen molar-refractivity contribution in [2.24, 2.45) is 0 Å². The van der Waals surface area contributed by atoms with E-state index < -0.39 is 24.3 Å². The molecule has 0 aliphatic carbocycles. The molecule has 0 amide bonds. The van der Waals surface area contributed by atoms with Gasteiger partial charge in [-0.05, 0) is 46.8 Å². The molecule has 0 unspecified atom stereocenters. The Labute approximate surface area is 141 Å². The summed E-state index contributed by atoms with van der Waals surface area (Å²) in [7, 11) is 0.907. The molecule has 1 aromatic rings. The molecule has 1 aromatic heterocycles. The first-order valence-corrected chi connectivity index (χ1v) is 8.40. The minimum Gasteiger partial charge on any atom is -0.492 e. The van der Waals surface area contributed by atoms with E-state index in [9.17, 15) is 4.79 Å². The van der Waals surface area contributed by atoms with Gasteiger partial charge in [0.05, 0.1) is 29.8 Å². The van der Waals surface area contributed by atoms with Gasteiger partial charge in [-0.25, -0.2) is 4.79 Å². The molecule has 0 saturated carbocycles. The number of ether oxygens (including phenoxy) is 2. The summed E-state index contributed by atoms with van der Waals surface area (Å²) in [5, 5.41) is 0. The fraction of sp³-hybridized carbons (Fsp3) is 0.562. The highest BCUT2D eigenvalue weighted by Crippen LogP contribution is 2.38. The standard InChI is InChI=1S/C16H23BO5S/c1-7-20-11-10-13(23-12(11)8-9-14(18)19-6)17-21-15(2,3)16(4,5)22-17/h8-10H,7H2,1-6H3/b9-8+. The van der Waals surface area contributed by atoms with Crippen LogP contribution in [0.3, 0.4) is 0 Å². The third-order valence-corrected chi connectivity index (χ3v) is 5.20. The van der Waals surface area contributed by atoms with Gasteiger partial charge < -0.3 is 18.8 Å². The van der Waals surface area contributed by atoms with Gasteiger partial charge in [-0.15, -0.1) is 11.3 Å². The average Bonchev–Trinajstić information content (AvgIpc) is 2.95. The molecular weight excluding hydrogens is 315 g/mol. The van der Waals surface area contributed by atoms with E-state index in [2.05, 4.69) is 4.74 Å². The van der Waals surface area contributed by atoms with Crippen LogP contribution < -0.4 is 9.51 Å². The van der Waals surface area contributed by atoms with E-state index in [4.69, 9.17) is 14.0 Å². The maximum atomic E-state index is 11.3. The predicted molar refractivity (Wildman–Crippen MR) is 92.3 cm³/mol. The lowest BCUT2D eigenvalue weighted by molar-refractivity contribution is -0.134. The number of carbonyl (C=O) groups is 1. The Morgan fingerprint density at radius 1 is 1.30 bits per heavy atom. The summed E-state index contributed by atoms with van der Waals surface area (Å²) in [4.78, 5) is 12.1. The number of hydrogen-bond donors (Lipinski definition) is 0. The topological polar surface area (TPSA) is 54.0 Å². The van der Waals surface area contributed by atoms with Crippen molar-refractivity contribution in [1.82, 2.24) is 0 Å². The molecule has 7 heteroatoms. The molecule has 0 atom stereocenters. The number of methoxy groups -OCH3 is 1. The third kappa shape index (κ3) is 3.79. The molecule has 1 saturated heterocycles. The zero-order chi connectivity index (χ0) is 17.3. The smallest absolute Gasteiger partial charge is 0.492 e. The molecule has 126 valence electrons. The Morgan fingerprint density at radius 2 is 1.91 bits per heavy atom. The quantitative estimate of drug-likeness (QED) is 0.469. The van der Waals surface area contributed by atoms with Gasteiger partial charge in [-0.1, -0.05) is 0 Å². The molecule has 0 N–H and O–H groups in total. The van der Waals surface area contributed by atoms with Crippen LogP contribution in [0.5, 0.6) is 5.75 Å². The zero-order valence-corrected chi connectivity index (χ0v) is 15.3. The van der Waals surface area contributed by atoms with Gasteiger partial charge in [0.25, 0.3) is 0 Å². The minimum atomic E-state index is -0.440. The van der Waals surface area contributed by atoms with Crippen LogP contribution in [0, 0.1) is 0 Å². The minimum absolute atomic E-state index is 0.393. The SMILES string of the molecule is CCOc1cc(B2OC(C)(C)C(C)(C)O2)sc1/C=C/C(=O)OC. The number of hydrogen-bond acceptors (Lipinski definition) is 6. The lowest BCUT2D eigenvalue weighted by Crippen LogP contribution is -2.41. The Kier molecular flexibility index (Phi) is 5.23. The molecule has 2 heterocycles. The Bertz CT molecular complexity index is 590. The van der Waals surface area contributed by atoms with Gasteiger partial charge in [0.2, 0.25) is 0 Å². The largest absolute Gasteiger partial charge is 0.505 e. The van der Waals surface area contributed by atoms with Crippen LogP contribution >= 0.6 is 11.3 Å². The molecule has 1 fully saturated rings. The fourth-order valence-electron chi connectivity index (χ4n) is 2.08. The van der Waals surface area contributed by atoms with Crippen LogP contribution in [-0.2, 0) is 18.8 Å². The predicted octanol–water partition coefficient (Wildman–Crippen LogP) is 2.63. The molecule has 5 nitrogen and oxygen atoms in total. The van der Waals surface area contributed by atoms with Crippen molar-refractivity contribution in [3.05, 3.63) is 17.0 Å². The fourth-order valence-corrected chi connectivity index (χ4v) is 3.05. The van der Waals surface area contributed by atoms with E-state index in [-0.39, 0.29) is 0 Å². The molecular formula is C16H23BO5S. The molecule has 0 aromatic carbocycles. The maximum Gasteiger partial charge on any atom is 0.505 e. The van der Waals surface area contributed by atoms with Gasteiger partial charge in [-0.3, -0.25) is 0 Å². The second-order valence-corrected chi connectivity index (χ2v) is 7.37. The number of thiophene rings is 1. The van der Waals surface area contributed by atoms with Gasteiger partial charge >= 0.3 is 13.1 Å². The molecule has 0 bridgehead atoms. The summed E-state index contributed by atoms with van der Waals surface area (Å²) in [5.74, 6) is 0.306. The van der Waals surface area contributed by atoms with Crippen LogP contribution in [0.25, 0.3) is 6.08 Å². The van der Waals surface area contributed by atoms with Gasteiger partial charge in [0, 0.05) is 10.9 Å². The molecule has 0 spiro atoms. The van der Waals surface area contributed by atoms with E-state index >= 15 is 0 Å². The Morgan fingerprint density at radius 3 is 2.43 bits per heavy atom.